The van der Waals surface area contributed by atoms with Gasteiger partial charge in [-0.15, -0.1) is 0 Å². The lowest BCUT2D eigenvalue weighted by Gasteiger charge is -2.32. The second-order valence-electron chi connectivity index (χ2n) is 5.33. The number of hydrogen-bond acceptors (Lipinski definition) is 3. The molecule has 102 valence electrons. The van der Waals surface area contributed by atoms with Crippen molar-refractivity contribution >= 4 is 5.65 Å². The molecular formula is C14H20N4O. The number of aromatic amines is 1. The van der Waals surface area contributed by atoms with Crippen LogP contribution in [0.4, 0.5) is 0 Å². The first kappa shape index (κ1) is 12.4. The lowest BCUT2D eigenvalue weighted by atomic mass is 10.2. The zero-order valence-corrected chi connectivity index (χ0v) is 11.3. The first-order valence-electron chi connectivity index (χ1n) is 6.81. The van der Waals surface area contributed by atoms with Gasteiger partial charge in [0.05, 0.1) is 0 Å². The van der Waals surface area contributed by atoms with E-state index < -0.39 is 0 Å². The molecule has 0 aromatic carbocycles. The molecule has 1 N–H and O–H groups in total. The first-order valence-corrected chi connectivity index (χ1v) is 6.81. The van der Waals surface area contributed by atoms with Gasteiger partial charge in [0.1, 0.15) is 5.65 Å². The van der Waals surface area contributed by atoms with Crippen LogP contribution in [0.15, 0.2) is 29.3 Å². The van der Waals surface area contributed by atoms with Crippen molar-refractivity contribution in [2.45, 2.75) is 6.42 Å². The molecule has 5 heteroatoms. The van der Waals surface area contributed by atoms with E-state index >= 15 is 0 Å². The Bertz CT molecular complexity index is 607. The predicted molar refractivity (Wildman–Crippen MR) is 75.7 cm³/mol. The number of piperazine rings is 1. The van der Waals surface area contributed by atoms with Crippen LogP contribution in [0.1, 0.15) is 5.69 Å². The smallest absolute Gasteiger partial charge is 0.183 e. The first-order chi connectivity index (χ1) is 9.20. The van der Waals surface area contributed by atoms with E-state index in [0.717, 1.165) is 44.8 Å². The van der Waals surface area contributed by atoms with Crippen molar-refractivity contribution in [1.29, 1.82) is 0 Å². The molecule has 0 amide bonds. The molecule has 1 saturated heterocycles. The maximum Gasteiger partial charge on any atom is 0.183 e. The van der Waals surface area contributed by atoms with Gasteiger partial charge in [0.15, 0.2) is 5.43 Å². The standard InChI is InChI=1S/C14H20N4O/c1-16-6-8-17(9-7-16)4-2-12-11-18-5-3-13(19)10-14(18)15-12/h3,5,10-11,15H,2,4,6-9H2,1H3. The lowest BCUT2D eigenvalue weighted by Crippen LogP contribution is -2.45. The second kappa shape index (κ2) is 5.19. The van der Waals surface area contributed by atoms with Crippen LogP contribution < -0.4 is 5.43 Å². The summed E-state index contributed by atoms with van der Waals surface area (Å²) in [5, 5.41) is 0. The Hall–Kier alpha value is -1.59. The van der Waals surface area contributed by atoms with Crippen molar-refractivity contribution in [3.63, 3.8) is 0 Å². The minimum Gasteiger partial charge on any atom is -0.343 e. The highest BCUT2D eigenvalue weighted by molar-refractivity contribution is 5.39. The minimum absolute atomic E-state index is 0.0486. The summed E-state index contributed by atoms with van der Waals surface area (Å²) < 4.78 is 1.97. The molecule has 2 aromatic heterocycles. The second-order valence-corrected chi connectivity index (χ2v) is 5.33. The van der Waals surface area contributed by atoms with Gasteiger partial charge in [-0.3, -0.25) is 4.79 Å². The number of imidazole rings is 1. The number of hydrogen-bond donors (Lipinski definition) is 1. The van der Waals surface area contributed by atoms with Crippen LogP contribution in [0, 0.1) is 0 Å². The number of fused-ring (bicyclic) bond motifs is 1. The number of nitrogens with one attached hydrogen (secondary N) is 1. The molecule has 2 aromatic rings. The average Bonchev–Trinajstić information content (AvgIpc) is 2.80. The van der Waals surface area contributed by atoms with E-state index in [1.165, 1.54) is 5.69 Å². The van der Waals surface area contributed by atoms with Crippen molar-refractivity contribution in [2.24, 2.45) is 0 Å². The summed E-state index contributed by atoms with van der Waals surface area (Å²) >= 11 is 0. The van der Waals surface area contributed by atoms with E-state index in [-0.39, 0.29) is 5.43 Å². The van der Waals surface area contributed by atoms with Crippen molar-refractivity contribution in [3.8, 4) is 0 Å². The highest BCUT2D eigenvalue weighted by Gasteiger charge is 2.13. The highest BCUT2D eigenvalue weighted by Crippen LogP contribution is 2.06. The SMILES string of the molecule is CN1CCN(CCc2cn3ccc(=O)cc3[nH]2)CC1. The normalized spacial score (nSPS) is 18.2. The summed E-state index contributed by atoms with van der Waals surface area (Å²) in [5.41, 5.74) is 2.11. The molecule has 0 atom stereocenters. The maximum atomic E-state index is 11.3. The molecule has 0 bridgehead atoms. The molecule has 3 rings (SSSR count). The molecule has 0 radical (unpaired) electrons. The van der Waals surface area contributed by atoms with Gasteiger partial charge >= 0.3 is 0 Å². The molecule has 19 heavy (non-hydrogen) atoms. The van der Waals surface area contributed by atoms with E-state index in [9.17, 15) is 4.79 Å². The zero-order valence-electron chi connectivity index (χ0n) is 11.3. The van der Waals surface area contributed by atoms with Crippen molar-refractivity contribution in [1.82, 2.24) is 19.2 Å². The molecule has 0 saturated carbocycles. The number of aromatic nitrogens is 2. The Labute approximate surface area is 112 Å². The molecule has 0 aliphatic carbocycles. The van der Waals surface area contributed by atoms with Crippen LogP contribution in [0.5, 0.6) is 0 Å². The van der Waals surface area contributed by atoms with E-state index in [1.54, 1.807) is 12.1 Å². The largest absolute Gasteiger partial charge is 0.343 e. The van der Waals surface area contributed by atoms with Crippen LogP contribution in [0.25, 0.3) is 5.65 Å². The molecule has 5 nitrogen and oxygen atoms in total. The Balaban J connectivity index is 1.63. The van der Waals surface area contributed by atoms with Gasteiger partial charge in [-0.2, -0.15) is 0 Å². The van der Waals surface area contributed by atoms with Gasteiger partial charge in [0.2, 0.25) is 0 Å². The molecule has 1 aliphatic heterocycles. The average molecular weight is 260 g/mol. The maximum absolute atomic E-state index is 11.3. The van der Waals surface area contributed by atoms with Gasteiger partial charge < -0.3 is 19.2 Å². The van der Waals surface area contributed by atoms with Gasteiger partial charge in [-0.25, -0.2) is 0 Å². The van der Waals surface area contributed by atoms with E-state index in [2.05, 4.69) is 28.0 Å². The van der Waals surface area contributed by atoms with Crippen molar-refractivity contribution < 1.29 is 0 Å². The van der Waals surface area contributed by atoms with Crippen molar-refractivity contribution in [2.75, 3.05) is 39.8 Å². The third kappa shape index (κ3) is 2.88. The summed E-state index contributed by atoms with van der Waals surface area (Å²) in [5.74, 6) is 0. The number of nitrogens with zero attached hydrogens (tertiary/aromatic N) is 3. The number of H-pyrrole nitrogens is 1. The summed E-state index contributed by atoms with van der Waals surface area (Å²) in [7, 11) is 2.17. The third-order valence-corrected chi connectivity index (χ3v) is 3.83. The Morgan fingerprint density at radius 1 is 1.26 bits per heavy atom. The minimum atomic E-state index is 0.0486. The molecule has 1 fully saturated rings. The highest BCUT2D eigenvalue weighted by atomic mass is 16.1. The fraction of sp³-hybridized carbons (Fsp3) is 0.500. The van der Waals surface area contributed by atoms with Crippen LogP contribution in [0.3, 0.4) is 0 Å². The monoisotopic (exact) mass is 260 g/mol. The van der Waals surface area contributed by atoms with Crippen LogP contribution in [-0.2, 0) is 6.42 Å². The number of likely N-dealkylation sites (N-methyl/N-ethyl adjacent to an activating group) is 1. The van der Waals surface area contributed by atoms with Crippen molar-refractivity contribution in [3.05, 3.63) is 40.4 Å². The molecule has 1 aliphatic rings. The van der Waals surface area contributed by atoms with Gasteiger partial charge in [0.25, 0.3) is 0 Å². The van der Waals surface area contributed by atoms with E-state index in [1.807, 2.05) is 10.6 Å². The number of rotatable bonds is 3. The molecule has 0 spiro atoms. The molecule has 3 heterocycles. The van der Waals surface area contributed by atoms with Crippen LogP contribution in [-0.4, -0.2) is 59.0 Å². The van der Waals surface area contributed by atoms with Gasteiger partial charge in [-0.1, -0.05) is 0 Å². The van der Waals surface area contributed by atoms with E-state index in [0.29, 0.717) is 0 Å². The lowest BCUT2D eigenvalue weighted by molar-refractivity contribution is 0.155. The fourth-order valence-corrected chi connectivity index (χ4v) is 2.55. The Morgan fingerprint density at radius 2 is 2.05 bits per heavy atom. The number of pyridine rings is 1. The summed E-state index contributed by atoms with van der Waals surface area (Å²) in [6.07, 6.45) is 4.89. The van der Waals surface area contributed by atoms with Gasteiger partial charge in [-0.05, 0) is 7.05 Å². The van der Waals surface area contributed by atoms with E-state index in [4.69, 9.17) is 0 Å². The predicted octanol–water partition coefficient (Wildman–Crippen LogP) is 0.417. The van der Waals surface area contributed by atoms with Gasteiger partial charge in [0, 0.05) is 69.4 Å². The molecular weight excluding hydrogens is 240 g/mol. The Kier molecular flexibility index (Phi) is 3.40. The zero-order chi connectivity index (χ0) is 13.2. The van der Waals surface area contributed by atoms with Crippen LogP contribution >= 0.6 is 0 Å². The summed E-state index contributed by atoms with van der Waals surface area (Å²) in [6.45, 7) is 5.68. The van der Waals surface area contributed by atoms with Crippen LogP contribution in [0.2, 0.25) is 0 Å². The quantitative estimate of drug-likeness (QED) is 0.870. The fourth-order valence-electron chi connectivity index (χ4n) is 2.55. The molecule has 0 unspecified atom stereocenters. The summed E-state index contributed by atoms with van der Waals surface area (Å²) in [4.78, 5) is 19.5. The Morgan fingerprint density at radius 3 is 2.84 bits per heavy atom. The topological polar surface area (TPSA) is 43.8 Å². The third-order valence-electron chi connectivity index (χ3n) is 3.83. The summed E-state index contributed by atoms with van der Waals surface area (Å²) in [6, 6.07) is 3.23.